The highest BCUT2D eigenvalue weighted by molar-refractivity contribution is 6.41. The van der Waals surface area contributed by atoms with E-state index in [1.54, 1.807) is 0 Å². The fourth-order valence-corrected chi connectivity index (χ4v) is 2.46. The first kappa shape index (κ1) is 15.4. The summed E-state index contributed by atoms with van der Waals surface area (Å²) in [6, 6.07) is 7.74. The molecule has 0 atom stereocenters. The lowest BCUT2D eigenvalue weighted by molar-refractivity contribution is -0.384. The second-order valence-corrected chi connectivity index (χ2v) is 5.02. The molecular weight excluding hydrogens is 320 g/mol. The van der Waals surface area contributed by atoms with Crippen molar-refractivity contribution in [3.05, 3.63) is 73.5 Å². The molecule has 0 aliphatic heterocycles. The van der Waals surface area contributed by atoms with E-state index in [1.165, 1.54) is 30.3 Å². The Kier molecular flexibility index (Phi) is 4.55. The van der Waals surface area contributed by atoms with Crippen molar-refractivity contribution < 1.29 is 14.1 Å². The number of carbonyl (C=O) groups excluding carboxylic acids is 1. The van der Waals surface area contributed by atoms with Crippen molar-refractivity contribution in [3.63, 3.8) is 0 Å². The van der Waals surface area contributed by atoms with Crippen LogP contribution in [0.3, 0.4) is 0 Å². The molecule has 2 aromatic carbocycles. The highest BCUT2D eigenvalue weighted by atomic mass is 35.5. The average Bonchev–Trinajstić information content (AvgIpc) is 2.41. The van der Waals surface area contributed by atoms with Gasteiger partial charge in [0.15, 0.2) is 5.78 Å². The number of nitro benzene ring substituents is 1. The van der Waals surface area contributed by atoms with Crippen LogP contribution in [0.4, 0.5) is 10.1 Å². The lowest BCUT2D eigenvalue weighted by Gasteiger charge is -2.07. The third-order valence-corrected chi connectivity index (χ3v) is 3.52. The molecule has 0 aromatic heterocycles. The topological polar surface area (TPSA) is 60.2 Å². The second-order valence-electron chi connectivity index (χ2n) is 4.24. The number of nitrogens with zero attached hydrogens (tertiary/aromatic N) is 1. The van der Waals surface area contributed by atoms with Crippen molar-refractivity contribution in [2.75, 3.05) is 0 Å². The molecule has 0 amide bonds. The number of Topliss-reactive ketones (excluding diaryl/α,β-unsaturated/α-hetero) is 1. The van der Waals surface area contributed by atoms with Crippen molar-refractivity contribution in [2.24, 2.45) is 0 Å². The zero-order valence-corrected chi connectivity index (χ0v) is 12.0. The van der Waals surface area contributed by atoms with Gasteiger partial charge in [-0.2, -0.15) is 0 Å². The van der Waals surface area contributed by atoms with Crippen molar-refractivity contribution in [3.8, 4) is 0 Å². The van der Waals surface area contributed by atoms with Gasteiger partial charge in [-0.1, -0.05) is 35.3 Å². The fraction of sp³-hybridized carbons (Fsp3) is 0.0714. The molecule has 0 heterocycles. The van der Waals surface area contributed by atoms with Crippen LogP contribution in [0.5, 0.6) is 0 Å². The SMILES string of the molecule is O=C(Cc1ccc(F)cc1)c1c(Cl)ccc([N+](=O)[O-])c1Cl. The molecule has 0 N–H and O–H groups in total. The Morgan fingerprint density at radius 1 is 1.14 bits per heavy atom. The maximum atomic E-state index is 12.8. The Hall–Kier alpha value is -1.98. The number of hydrogen-bond acceptors (Lipinski definition) is 3. The third kappa shape index (κ3) is 3.37. The number of nitro groups is 1. The minimum absolute atomic E-state index is 0.0395. The van der Waals surface area contributed by atoms with Gasteiger partial charge in [0, 0.05) is 12.5 Å². The minimum atomic E-state index is -0.687. The third-order valence-electron chi connectivity index (χ3n) is 2.82. The highest BCUT2D eigenvalue weighted by Gasteiger charge is 2.23. The molecule has 0 saturated carbocycles. The molecule has 0 bridgehead atoms. The van der Waals surface area contributed by atoms with E-state index in [2.05, 4.69) is 0 Å². The molecule has 0 radical (unpaired) electrons. The summed E-state index contributed by atoms with van der Waals surface area (Å²) in [5, 5.41) is 10.6. The summed E-state index contributed by atoms with van der Waals surface area (Å²) in [6.45, 7) is 0. The van der Waals surface area contributed by atoms with Gasteiger partial charge in [-0.05, 0) is 23.8 Å². The van der Waals surface area contributed by atoms with Crippen molar-refractivity contribution in [2.45, 2.75) is 6.42 Å². The van der Waals surface area contributed by atoms with Crippen LogP contribution in [0.2, 0.25) is 10.0 Å². The Morgan fingerprint density at radius 2 is 1.76 bits per heavy atom. The zero-order valence-electron chi connectivity index (χ0n) is 10.5. The van der Waals surface area contributed by atoms with Crippen LogP contribution in [0, 0.1) is 15.9 Å². The number of ketones is 1. The van der Waals surface area contributed by atoms with Crippen LogP contribution in [-0.4, -0.2) is 10.7 Å². The molecule has 0 spiro atoms. The van der Waals surface area contributed by atoms with Gasteiger partial charge >= 0.3 is 0 Å². The summed E-state index contributed by atoms with van der Waals surface area (Å²) < 4.78 is 12.8. The van der Waals surface area contributed by atoms with Crippen LogP contribution in [0.1, 0.15) is 15.9 Å². The van der Waals surface area contributed by atoms with Crippen LogP contribution in [-0.2, 0) is 6.42 Å². The molecule has 0 aliphatic carbocycles. The van der Waals surface area contributed by atoms with Gasteiger partial charge in [0.1, 0.15) is 10.8 Å². The summed E-state index contributed by atoms with van der Waals surface area (Å²) in [7, 11) is 0. The molecule has 0 aliphatic rings. The highest BCUT2D eigenvalue weighted by Crippen LogP contribution is 2.33. The Balaban J connectivity index is 2.37. The number of hydrogen-bond donors (Lipinski definition) is 0. The largest absolute Gasteiger partial charge is 0.294 e. The molecular formula is C14H8Cl2FNO3. The normalized spacial score (nSPS) is 10.4. The molecule has 7 heteroatoms. The van der Waals surface area contributed by atoms with Crippen molar-refractivity contribution >= 4 is 34.7 Å². The van der Waals surface area contributed by atoms with Crippen LogP contribution < -0.4 is 0 Å². The van der Waals surface area contributed by atoms with Gasteiger partial charge < -0.3 is 0 Å². The van der Waals surface area contributed by atoms with E-state index < -0.39 is 16.5 Å². The summed E-state index contributed by atoms with van der Waals surface area (Å²) in [4.78, 5) is 22.4. The Morgan fingerprint density at radius 3 is 2.33 bits per heavy atom. The molecule has 4 nitrogen and oxygen atoms in total. The zero-order chi connectivity index (χ0) is 15.6. The van der Waals surface area contributed by atoms with Gasteiger partial charge in [0.2, 0.25) is 0 Å². The van der Waals surface area contributed by atoms with Gasteiger partial charge in [-0.3, -0.25) is 14.9 Å². The van der Waals surface area contributed by atoms with Gasteiger partial charge in [0.25, 0.3) is 5.69 Å². The van der Waals surface area contributed by atoms with Crippen LogP contribution in [0.15, 0.2) is 36.4 Å². The summed E-state index contributed by atoms with van der Waals surface area (Å²) in [6.07, 6.45) is -0.0825. The van der Waals surface area contributed by atoms with E-state index in [4.69, 9.17) is 23.2 Å². The maximum Gasteiger partial charge on any atom is 0.288 e. The van der Waals surface area contributed by atoms with Crippen LogP contribution >= 0.6 is 23.2 Å². The molecule has 0 saturated heterocycles. The molecule has 0 unspecified atom stereocenters. The van der Waals surface area contributed by atoms with Crippen LogP contribution in [0.25, 0.3) is 0 Å². The maximum absolute atomic E-state index is 12.8. The lowest BCUT2D eigenvalue weighted by atomic mass is 10.0. The second kappa shape index (κ2) is 6.20. The Bertz CT molecular complexity index is 717. The minimum Gasteiger partial charge on any atom is -0.294 e. The quantitative estimate of drug-likeness (QED) is 0.473. The molecule has 108 valence electrons. The molecule has 2 rings (SSSR count). The Labute approximate surface area is 129 Å². The summed E-state index contributed by atoms with van der Waals surface area (Å²) in [5.74, 6) is -0.891. The molecule has 21 heavy (non-hydrogen) atoms. The van der Waals surface area contributed by atoms with Gasteiger partial charge in [-0.25, -0.2) is 4.39 Å². The summed E-state index contributed by atoms with van der Waals surface area (Å²) >= 11 is 11.8. The average molecular weight is 328 g/mol. The van der Waals surface area contributed by atoms with Gasteiger partial charge in [-0.15, -0.1) is 0 Å². The number of halogens is 3. The number of benzene rings is 2. The fourth-order valence-electron chi connectivity index (χ4n) is 1.81. The first-order chi connectivity index (χ1) is 9.90. The smallest absolute Gasteiger partial charge is 0.288 e. The summed E-state index contributed by atoms with van der Waals surface area (Å²) in [5.41, 5.74) is 0.0698. The monoisotopic (exact) mass is 327 g/mol. The van der Waals surface area contributed by atoms with E-state index in [1.807, 2.05) is 0 Å². The van der Waals surface area contributed by atoms with E-state index in [0.717, 1.165) is 6.07 Å². The van der Waals surface area contributed by atoms with E-state index in [0.29, 0.717) is 5.56 Å². The molecule has 0 fully saturated rings. The number of carbonyl (C=O) groups is 1. The van der Waals surface area contributed by atoms with Crippen molar-refractivity contribution in [1.29, 1.82) is 0 Å². The van der Waals surface area contributed by atoms with E-state index in [9.17, 15) is 19.3 Å². The predicted molar refractivity (Wildman–Crippen MR) is 77.6 cm³/mol. The number of rotatable bonds is 4. The first-order valence-corrected chi connectivity index (χ1v) is 6.55. The first-order valence-electron chi connectivity index (χ1n) is 5.80. The predicted octanol–water partition coefficient (Wildman–Crippen LogP) is 4.47. The van der Waals surface area contributed by atoms with Gasteiger partial charge in [0.05, 0.1) is 15.5 Å². The lowest BCUT2D eigenvalue weighted by Crippen LogP contribution is -2.06. The van der Waals surface area contributed by atoms with E-state index in [-0.39, 0.29) is 27.7 Å². The standard InChI is InChI=1S/C14H8Cl2FNO3/c15-10-5-6-11(18(20)21)14(16)13(10)12(19)7-8-1-3-9(17)4-2-8/h1-6H,7H2. The van der Waals surface area contributed by atoms with E-state index >= 15 is 0 Å². The molecule has 2 aromatic rings. The van der Waals surface area contributed by atoms with Crippen molar-refractivity contribution in [1.82, 2.24) is 0 Å².